The van der Waals surface area contributed by atoms with Gasteiger partial charge in [0.15, 0.2) is 5.05 Å². The van der Waals surface area contributed by atoms with Crippen LogP contribution in [0.5, 0.6) is 0 Å². The van der Waals surface area contributed by atoms with Crippen molar-refractivity contribution in [2.45, 2.75) is 46.5 Å². The maximum absolute atomic E-state index is 11.7. The molecule has 0 saturated carbocycles. The van der Waals surface area contributed by atoms with E-state index < -0.39 is 0 Å². The molecule has 1 amide bonds. The van der Waals surface area contributed by atoms with Gasteiger partial charge in [-0.1, -0.05) is 13.3 Å². The van der Waals surface area contributed by atoms with E-state index in [0.717, 1.165) is 25.9 Å². The summed E-state index contributed by atoms with van der Waals surface area (Å²) in [7, 11) is 0. The summed E-state index contributed by atoms with van der Waals surface area (Å²) in [6, 6.07) is 0. The Morgan fingerprint density at radius 2 is 1.81 bits per heavy atom. The SMILES string of the molecule is CCCCOC(=S)CCC(=O)N(CC)CC. The zero-order valence-corrected chi connectivity index (χ0v) is 11.4. The third kappa shape index (κ3) is 6.77. The molecule has 0 bridgehead atoms. The van der Waals surface area contributed by atoms with E-state index in [-0.39, 0.29) is 5.91 Å². The summed E-state index contributed by atoms with van der Waals surface area (Å²) >= 11 is 5.05. The highest BCUT2D eigenvalue weighted by molar-refractivity contribution is 7.80. The fourth-order valence-electron chi connectivity index (χ4n) is 1.35. The number of nitrogens with zero attached hydrogens (tertiary/aromatic N) is 1. The summed E-state index contributed by atoms with van der Waals surface area (Å²) in [4.78, 5) is 13.5. The maximum atomic E-state index is 11.7. The molecule has 0 spiro atoms. The Morgan fingerprint density at radius 1 is 1.19 bits per heavy atom. The molecular weight excluding hydrogens is 222 g/mol. The van der Waals surface area contributed by atoms with Crippen LogP contribution >= 0.6 is 12.2 Å². The zero-order valence-electron chi connectivity index (χ0n) is 10.6. The van der Waals surface area contributed by atoms with Crippen molar-refractivity contribution in [1.29, 1.82) is 0 Å². The number of carbonyl (C=O) groups is 1. The molecule has 0 aromatic rings. The Hall–Kier alpha value is -0.640. The summed E-state index contributed by atoms with van der Waals surface area (Å²) in [6.07, 6.45) is 3.14. The molecule has 3 nitrogen and oxygen atoms in total. The fourth-order valence-corrected chi connectivity index (χ4v) is 1.53. The topological polar surface area (TPSA) is 29.5 Å². The Kier molecular flexibility index (Phi) is 9.19. The first-order valence-corrected chi connectivity index (χ1v) is 6.49. The van der Waals surface area contributed by atoms with E-state index >= 15 is 0 Å². The van der Waals surface area contributed by atoms with Crippen LogP contribution in [0.3, 0.4) is 0 Å². The molecule has 0 aromatic carbocycles. The van der Waals surface area contributed by atoms with E-state index in [0.29, 0.717) is 24.5 Å². The lowest BCUT2D eigenvalue weighted by Crippen LogP contribution is -2.30. The van der Waals surface area contributed by atoms with E-state index in [1.165, 1.54) is 0 Å². The number of amides is 1. The predicted molar refractivity (Wildman–Crippen MR) is 70.6 cm³/mol. The molecule has 0 unspecified atom stereocenters. The number of carbonyl (C=O) groups excluding carboxylic acids is 1. The monoisotopic (exact) mass is 245 g/mol. The van der Waals surface area contributed by atoms with Gasteiger partial charge in [-0.2, -0.15) is 0 Å². The summed E-state index contributed by atoms with van der Waals surface area (Å²) in [5, 5.41) is 0.564. The molecule has 0 rings (SSSR count). The molecule has 0 saturated heterocycles. The number of thiocarbonyl (C=S) groups is 1. The summed E-state index contributed by atoms with van der Waals surface area (Å²) in [6.45, 7) is 8.28. The van der Waals surface area contributed by atoms with Gasteiger partial charge in [0.05, 0.1) is 6.61 Å². The normalized spacial score (nSPS) is 9.94. The van der Waals surface area contributed by atoms with Crippen molar-refractivity contribution in [1.82, 2.24) is 4.90 Å². The van der Waals surface area contributed by atoms with E-state index in [9.17, 15) is 4.79 Å². The number of rotatable bonds is 8. The Labute approximate surface area is 104 Å². The molecule has 0 atom stereocenters. The average molecular weight is 245 g/mol. The Morgan fingerprint density at radius 3 is 2.31 bits per heavy atom. The molecule has 4 heteroatoms. The van der Waals surface area contributed by atoms with Crippen LogP contribution in [-0.4, -0.2) is 35.6 Å². The smallest absolute Gasteiger partial charge is 0.223 e. The van der Waals surface area contributed by atoms with E-state index in [2.05, 4.69) is 6.92 Å². The van der Waals surface area contributed by atoms with Crippen LogP contribution in [0.25, 0.3) is 0 Å². The highest BCUT2D eigenvalue weighted by Crippen LogP contribution is 2.02. The van der Waals surface area contributed by atoms with Gasteiger partial charge in [0.25, 0.3) is 0 Å². The Balaban J connectivity index is 3.70. The molecular formula is C12H23NO2S. The Bertz CT molecular complexity index is 215. The lowest BCUT2D eigenvalue weighted by molar-refractivity contribution is -0.130. The third-order valence-electron chi connectivity index (χ3n) is 2.42. The molecule has 0 radical (unpaired) electrons. The van der Waals surface area contributed by atoms with Crippen molar-refractivity contribution in [3.63, 3.8) is 0 Å². The van der Waals surface area contributed by atoms with Gasteiger partial charge >= 0.3 is 0 Å². The molecule has 0 aliphatic rings. The van der Waals surface area contributed by atoms with Gasteiger partial charge in [0, 0.05) is 25.9 Å². The van der Waals surface area contributed by atoms with Gasteiger partial charge in [-0.25, -0.2) is 0 Å². The van der Waals surface area contributed by atoms with Gasteiger partial charge in [0.2, 0.25) is 5.91 Å². The van der Waals surface area contributed by atoms with Crippen molar-refractivity contribution in [2.24, 2.45) is 0 Å². The second kappa shape index (κ2) is 9.58. The van der Waals surface area contributed by atoms with Crippen LogP contribution in [0.4, 0.5) is 0 Å². The van der Waals surface area contributed by atoms with Crippen LogP contribution < -0.4 is 0 Å². The second-order valence-corrected chi connectivity index (χ2v) is 4.10. The van der Waals surface area contributed by atoms with E-state index in [4.69, 9.17) is 17.0 Å². The molecule has 0 heterocycles. The standard InChI is InChI=1S/C12H23NO2S/c1-4-7-10-15-12(16)9-8-11(14)13(5-2)6-3/h4-10H2,1-3H3. The molecule has 94 valence electrons. The minimum absolute atomic E-state index is 0.159. The minimum Gasteiger partial charge on any atom is -0.487 e. The third-order valence-corrected chi connectivity index (χ3v) is 2.74. The summed E-state index contributed by atoms with van der Waals surface area (Å²) in [5.74, 6) is 0.159. The molecule has 0 aliphatic heterocycles. The van der Waals surface area contributed by atoms with E-state index in [1.807, 2.05) is 18.7 Å². The maximum Gasteiger partial charge on any atom is 0.223 e. The highest BCUT2D eigenvalue weighted by atomic mass is 32.1. The van der Waals surface area contributed by atoms with Crippen molar-refractivity contribution in [3.8, 4) is 0 Å². The van der Waals surface area contributed by atoms with Gasteiger partial charge in [-0.3, -0.25) is 4.79 Å². The predicted octanol–water partition coefficient (Wildman–Crippen LogP) is 2.78. The van der Waals surface area contributed by atoms with Gasteiger partial charge < -0.3 is 9.64 Å². The van der Waals surface area contributed by atoms with Crippen LogP contribution in [0.1, 0.15) is 46.5 Å². The highest BCUT2D eigenvalue weighted by Gasteiger charge is 2.10. The van der Waals surface area contributed by atoms with Crippen LogP contribution in [0.2, 0.25) is 0 Å². The lowest BCUT2D eigenvalue weighted by Gasteiger charge is -2.18. The summed E-state index contributed by atoms with van der Waals surface area (Å²) in [5.41, 5.74) is 0. The minimum atomic E-state index is 0.159. The van der Waals surface area contributed by atoms with Crippen LogP contribution in [-0.2, 0) is 9.53 Å². The van der Waals surface area contributed by atoms with Crippen molar-refractivity contribution in [3.05, 3.63) is 0 Å². The quantitative estimate of drug-likeness (QED) is 0.486. The number of hydrogen-bond acceptors (Lipinski definition) is 3. The van der Waals surface area contributed by atoms with Crippen molar-refractivity contribution < 1.29 is 9.53 Å². The number of ether oxygens (including phenoxy) is 1. The van der Waals surface area contributed by atoms with Gasteiger partial charge in [0.1, 0.15) is 0 Å². The average Bonchev–Trinajstić information content (AvgIpc) is 2.28. The van der Waals surface area contributed by atoms with Crippen molar-refractivity contribution in [2.75, 3.05) is 19.7 Å². The lowest BCUT2D eigenvalue weighted by atomic mass is 10.3. The summed E-state index contributed by atoms with van der Waals surface area (Å²) < 4.78 is 5.34. The molecule has 0 aromatic heterocycles. The van der Waals surface area contributed by atoms with E-state index in [1.54, 1.807) is 0 Å². The second-order valence-electron chi connectivity index (χ2n) is 3.64. The number of unbranched alkanes of at least 4 members (excludes halogenated alkanes) is 1. The van der Waals surface area contributed by atoms with Crippen LogP contribution in [0, 0.1) is 0 Å². The largest absolute Gasteiger partial charge is 0.487 e. The van der Waals surface area contributed by atoms with Crippen LogP contribution in [0.15, 0.2) is 0 Å². The van der Waals surface area contributed by atoms with Gasteiger partial charge in [-0.15, -0.1) is 0 Å². The number of hydrogen-bond donors (Lipinski definition) is 0. The first-order chi connectivity index (χ1) is 7.65. The molecule has 0 aliphatic carbocycles. The molecule has 16 heavy (non-hydrogen) atoms. The fraction of sp³-hybridized carbons (Fsp3) is 0.833. The zero-order chi connectivity index (χ0) is 12.4. The van der Waals surface area contributed by atoms with Gasteiger partial charge in [-0.05, 0) is 32.5 Å². The molecule has 0 fully saturated rings. The molecule has 0 N–H and O–H groups in total. The first-order valence-electron chi connectivity index (χ1n) is 6.09. The van der Waals surface area contributed by atoms with Crippen molar-refractivity contribution >= 4 is 23.2 Å². The first kappa shape index (κ1) is 15.4.